The van der Waals surface area contributed by atoms with Crippen LogP contribution in [0, 0.1) is 0 Å². The molecule has 1 saturated heterocycles. The van der Waals surface area contributed by atoms with Gasteiger partial charge in [0.05, 0.1) is 37.6 Å². The summed E-state index contributed by atoms with van der Waals surface area (Å²) in [6.07, 6.45) is -0.665. The van der Waals surface area contributed by atoms with Crippen molar-refractivity contribution < 1.29 is 57.2 Å². The smallest absolute Gasteiger partial charge is 0.410 e. The Labute approximate surface area is 294 Å². The molecule has 274 valence electrons. The lowest BCUT2D eigenvalue weighted by molar-refractivity contribution is -0.146. The molecule has 2 aromatic carbocycles. The topological polar surface area (TPSA) is 196 Å². The Morgan fingerprint density at radius 3 is 2.35 bits per heavy atom. The molecular weight excluding hydrogens is 668 g/mol. The monoisotopic (exact) mass is 710 g/mol. The lowest BCUT2D eigenvalue weighted by atomic mass is 10.0. The normalized spacial score (nSPS) is 15.6. The van der Waals surface area contributed by atoms with Gasteiger partial charge in [-0.3, -0.25) is 43.9 Å². The number of carbonyl (C=O) groups is 7. The van der Waals surface area contributed by atoms with Gasteiger partial charge in [0.15, 0.2) is 6.61 Å². The van der Waals surface area contributed by atoms with Gasteiger partial charge in [-0.15, -0.1) is 0 Å². The predicted octanol–water partition coefficient (Wildman–Crippen LogP) is 1.60. The van der Waals surface area contributed by atoms with Crippen LogP contribution >= 0.6 is 0 Å². The number of nitrogens with one attached hydrogen (secondary N) is 2. The molecule has 0 bridgehead atoms. The molecule has 0 aliphatic carbocycles. The van der Waals surface area contributed by atoms with E-state index >= 15 is 0 Å². The number of amides is 6. The third-order valence-corrected chi connectivity index (χ3v) is 7.45. The fourth-order valence-corrected chi connectivity index (χ4v) is 5.06. The quantitative estimate of drug-likeness (QED) is 0.137. The Kier molecular flexibility index (Phi) is 13.6. The first-order valence-corrected chi connectivity index (χ1v) is 16.4. The molecule has 51 heavy (non-hydrogen) atoms. The first-order chi connectivity index (χ1) is 24.3. The second-order valence-corrected chi connectivity index (χ2v) is 12.5. The number of imide groups is 2. The summed E-state index contributed by atoms with van der Waals surface area (Å²) in [5.74, 6) is -3.70. The highest BCUT2D eigenvalue weighted by Gasteiger charge is 2.46. The van der Waals surface area contributed by atoms with Gasteiger partial charge in [0.25, 0.3) is 17.7 Å². The maximum absolute atomic E-state index is 13.2. The van der Waals surface area contributed by atoms with E-state index in [0.717, 1.165) is 10.5 Å². The number of ether oxygens (including phenoxy) is 5. The van der Waals surface area contributed by atoms with Crippen LogP contribution in [0.25, 0.3) is 0 Å². The zero-order chi connectivity index (χ0) is 37.0. The molecule has 0 aromatic heterocycles. The van der Waals surface area contributed by atoms with E-state index in [1.807, 2.05) is 30.3 Å². The largest absolute Gasteiger partial charge is 0.483 e. The van der Waals surface area contributed by atoms with E-state index in [0.29, 0.717) is 0 Å². The Balaban J connectivity index is 1.12. The standard InChI is InChI=1S/C35H42N4O12/c1-35(2,3)51-34(46)38(20-29(42)50-21-23-8-5-4-6-9-23)15-17-48-19-18-47-16-14-36-28(41)22-49-26-11-7-10-24-30(26)33(45)39(32(24)44)25-12-13-27(40)37-31(25)43/h4-11,25H,12-22H2,1-3H3,(H,36,41)(H,37,40,43). The molecule has 2 aliphatic rings. The molecule has 0 spiro atoms. The Hall–Kier alpha value is -5.35. The Bertz CT molecular complexity index is 1610. The number of nitrogens with zero attached hydrogens (tertiary/aromatic N) is 2. The highest BCUT2D eigenvalue weighted by atomic mass is 16.6. The molecule has 2 aliphatic heterocycles. The fraction of sp³-hybridized carbons (Fsp3) is 0.457. The number of rotatable bonds is 17. The van der Waals surface area contributed by atoms with Gasteiger partial charge >= 0.3 is 12.1 Å². The van der Waals surface area contributed by atoms with Crippen molar-refractivity contribution in [1.29, 1.82) is 0 Å². The zero-order valence-electron chi connectivity index (χ0n) is 28.8. The van der Waals surface area contributed by atoms with E-state index in [-0.39, 0.29) is 82.4 Å². The van der Waals surface area contributed by atoms with Crippen LogP contribution in [-0.4, -0.2) is 116 Å². The predicted molar refractivity (Wildman–Crippen MR) is 177 cm³/mol. The SMILES string of the molecule is CC(C)(C)OC(=O)N(CCOCCOCCNC(=O)COc1cccc2c1C(=O)N(C1CCC(=O)NC1=O)C2=O)CC(=O)OCc1ccccc1. The summed E-state index contributed by atoms with van der Waals surface area (Å²) in [5.41, 5.74) is 0.0404. The van der Waals surface area contributed by atoms with Crippen LogP contribution in [0.3, 0.4) is 0 Å². The molecular formula is C35H42N4O12. The average molecular weight is 711 g/mol. The molecule has 16 heteroatoms. The number of fused-ring (bicyclic) bond motifs is 1. The van der Waals surface area contributed by atoms with Gasteiger partial charge in [0.2, 0.25) is 11.8 Å². The second kappa shape index (κ2) is 18.1. The van der Waals surface area contributed by atoms with Crippen molar-refractivity contribution >= 4 is 41.6 Å². The number of benzene rings is 2. The van der Waals surface area contributed by atoms with Crippen molar-refractivity contribution in [3.05, 3.63) is 65.2 Å². The highest BCUT2D eigenvalue weighted by Crippen LogP contribution is 2.33. The van der Waals surface area contributed by atoms with Crippen LogP contribution in [-0.2, 0) is 44.7 Å². The third kappa shape index (κ3) is 11.3. The zero-order valence-corrected chi connectivity index (χ0v) is 28.8. The van der Waals surface area contributed by atoms with Crippen molar-refractivity contribution in [3.8, 4) is 5.75 Å². The number of hydrogen-bond donors (Lipinski definition) is 2. The van der Waals surface area contributed by atoms with E-state index in [1.54, 1.807) is 20.8 Å². The first-order valence-electron chi connectivity index (χ1n) is 16.4. The van der Waals surface area contributed by atoms with Crippen molar-refractivity contribution in [1.82, 2.24) is 20.4 Å². The van der Waals surface area contributed by atoms with Gasteiger partial charge in [-0.2, -0.15) is 0 Å². The van der Waals surface area contributed by atoms with Gasteiger partial charge in [-0.25, -0.2) is 4.79 Å². The Morgan fingerprint density at radius 2 is 1.65 bits per heavy atom. The van der Waals surface area contributed by atoms with Crippen LogP contribution < -0.4 is 15.4 Å². The number of hydrogen-bond acceptors (Lipinski definition) is 12. The highest BCUT2D eigenvalue weighted by molar-refractivity contribution is 6.24. The molecule has 0 radical (unpaired) electrons. The van der Waals surface area contributed by atoms with E-state index in [9.17, 15) is 33.6 Å². The van der Waals surface area contributed by atoms with E-state index in [2.05, 4.69) is 10.6 Å². The number of piperidine rings is 1. The summed E-state index contributed by atoms with van der Waals surface area (Å²) in [5, 5.41) is 4.76. The van der Waals surface area contributed by atoms with Crippen molar-refractivity contribution in [2.24, 2.45) is 0 Å². The van der Waals surface area contributed by atoms with Crippen molar-refractivity contribution in [3.63, 3.8) is 0 Å². The second-order valence-electron chi connectivity index (χ2n) is 12.5. The summed E-state index contributed by atoms with van der Waals surface area (Å²) in [6, 6.07) is 12.4. The lowest BCUT2D eigenvalue weighted by Gasteiger charge is -2.27. The van der Waals surface area contributed by atoms with Gasteiger partial charge in [0, 0.05) is 19.5 Å². The minimum absolute atomic E-state index is 0.00571. The van der Waals surface area contributed by atoms with Gasteiger partial charge in [0.1, 0.15) is 30.5 Å². The lowest BCUT2D eigenvalue weighted by Crippen LogP contribution is -2.54. The summed E-state index contributed by atoms with van der Waals surface area (Å²) in [6.45, 7) is 5.33. The molecule has 2 heterocycles. The van der Waals surface area contributed by atoms with E-state index < -0.39 is 59.8 Å². The molecule has 1 unspecified atom stereocenters. The van der Waals surface area contributed by atoms with Crippen LogP contribution in [0.4, 0.5) is 4.79 Å². The van der Waals surface area contributed by atoms with Gasteiger partial charge in [-0.05, 0) is 44.9 Å². The van der Waals surface area contributed by atoms with E-state index in [4.69, 9.17) is 23.7 Å². The number of carbonyl (C=O) groups excluding carboxylic acids is 7. The van der Waals surface area contributed by atoms with Crippen LogP contribution in [0.1, 0.15) is 59.9 Å². The Morgan fingerprint density at radius 1 is 0.922 bits per heavy atom. The van der Waals surface area contributed by atoms with E-state index in [1.165, 1.54) is 23.1 Å². The summed E-state index contributed by atoms with van der Waals surface area (Å²) < 4.78 is 27.3. The van der Waals surface area contributed by atoms with Gasteiger partial charge in [-0.1, -0.05) is 36.4 Å². The third-order valence-electron chi connectivity index (χ3n) is 7.45. The summed E-state index contributed by atoms with van der Waals surface area (Å²) in [7, 11) is 0. The maximum Gasteiger partial charge on any atom is 0.410 e. The van der Waals surface area contributed by atoms with Crippen LogP contribution in [0.15, 0.2) is 48.5 Å². The molecule has 1 fully saturated rings. The number of esters is 1. The molecule has 2 aromatic rings. The van der Waals surface area contributed by atoms with Crippen LogP contribution in [0.2, 0.25) is 0 Å². The molecule has 1 atom stereocenters. The van der Waals surface area contributed by atoms with Crippen LogP contribution in [0.5, 0.6) is 5.75 Å². The molecule has 2 N–H and O–H groups in total. The molecule has 0 saturated carbocycles. The minimum Gasteiger partial charge on any atom is -0.483 e. The molecule has 16 nitrogen and oxygen atoms in total. The van der Waals surface area contributed by atoms with Gasteiger partial charge < -0.3 is 29.0 Å². The maximum atomic E-state index is 13.2. The average Bonchev–Trinajstić information content (AvgIpc) is 3.34. The fourth-order valence-electron chi connectivity index (χ4n) is 5.06. The minimum atomic E-state index is -1.12. The molecule has 6 amide bonds. The first kappa shape index (κ1) is 38.5. The van der Waals surface area contributed by atoms with Crippen molar-refractivity contribution in [2.45, 2.75) is 51.9 Å². The summed E-state index contributed by atoms with van der Waals surface area (Å²) in [4.78, 5) is 89.4. The van der Waals surface area contributed by atoms with Crippen molar-refractivity contribution in [2.75, 3.05) is 52.7 Å². The summed E-state index contributed by atoms with van der Waals surface area (Å²) >= 11 is 0. The molecule has 4 rings (SSSR count).